The highest BCUT2D eigenvalue weighted by molar-refractivity contribution is 5.69. The van der Waals surface area contributed by atoms with Crippen molar-refractivity contribution in [1.29, 1.82) is 0 Å². The highest BCUT2D eigenvalue weighted by Gasteiger charge is 2.04. The van der Waals surface area contributed by atoms with Crippen molar-refractivity contribution in [2.24, 2.45) is 0 Å². The minimum absolute atomic E-state index is 0.0104. The van der Waals surface area contributed by atoms with Gasteiger partial charge in [0.05, 0.1) is 13.2 Å². The van der Waals surface area contributed by atoms with E-state index in [1.165, 1.54) is 128 Å². The molecule has 0 saturated heterocycles. The van der Waals surface area contributed by atoms with Gasteiger partial charge in [0.15, 0.2) is 0 Å². The average molecular weight is 567 g/mol. The van der Waals surface area contributed by atoms with Gasteiger partial charge in [-0.1, -0.05) is 168 Å². The molecule has 0 saturated carbocycles. The van der Waals surface area contributed by atoms with E-state index in [2.05, 4.69) is 13.8 Å². The van der Waals surface area contributed by atoms with Crippen LogP contribution in [0.25, 0.3) is 0 Å². The summed E-state index contributed by atoms with van der Waals surface area (Å²) in [5.74, 6) is -0.0208. The Balaban J connectivity index is 3.22. The van der Waals surface area contributed by atoms with E-state index >= 15 is 0 Å². The van der Waals surface area contributed by atoms with Crippen molar-refractivity contribution in [3.63, 3.8) is 0 Å². The van der Waals surface area contributed by atoms with Crippen LogP contribution in [0.4, 0.5) is 0 Å². The van der Waals surface area contributed by atoms with Crippen molar-refractivity contribution in [1.82, 2.24) is 0 Å². The molecule has 0 aliphatic carbocycles. The van der Waals surface area contributed by atoms with Crippen molar-refractivity contribution < 1.29 is 19.1 Å². The lowest BCUT2D eigenvalue weighted by Gasteiger charge is -2.06. The number of rotatable bonds is 33. The van der Waals surface area contributed by atoms with Gasteiger partial charge in [0, 0.05) is 12.8 Å². The first-order chi connectivity index (χ1) is 19.7. The Kier molecular flexibility index (Phi) is 33.2. The van der Waals surface area contributed by atoms with Gasteiger partial charge >= 0.3 is 11.9 Å². The summed E-state index contributed by atoms with van der Waals surface area (Å²) in [4.78, 5) is 23.7. The van der Waals surface area contributed by atoms with E-state index in [-0.39, 0.29) is 11.9 Å². The molecule has 0 amide bonds. The molecular formula is C36H70O4. The van der Waals surface area contributed by atoms with E-state index in [0.717, 1.165) is 51.4 Å². The third-order valence-electron chi connectivity index (χ3n) is 8.03. The van der Waals surface area contributed by atoms with Crippen LogP contribution in [0.15, 0.2) is 0 Å². The quantitative estimate of drug-likeness (QED) is 0.0585. The molecule has 0 heterocycles. The Labute approximate surface area is 250 Å². The Morgan fingerprint density at radius 3 is 0.825 bits per heavy atom. The predicted octanol–water partition coefficient (Wildman–Crippen LogP) is 11.8. The van der Waals surface area contributed by atoms with Gasteiger partial charge in [0.25, 0.3) is 0 Å². The summed E-state index contributed by atoms with van der Waals surface area (Å²) in [6.45, 7) is 5.69. The molecule has 238 valence electrons. The third-order valence-corrected chi connectivity index (χ3v) is 8.03. The summed E-state index contributed by atoms with van der Waals surface area (Å²) < 4.78 is 10.8. The lowest BCUT2D eigenvalue weighted by atomic mass is 10.1. The average Bonchev–Trinajstić information content (AvgIpc) is 2.95. The SMILES string of the molecule is CCCCCCCCCCCCC(=O)OCCCCCCCCCCOC(=O)CCCCCCCCCCCC. The summed E-state index contributed by atoms with van der Waals surface area (Å²) in [6, 6.07) is 0. The van der Waals surface area contributed by atoms with Gasteiger partial charge in [-0.05, 0) is 25.7 Å². The van der Waals surface area contributed by atoms with Gasteiger partial charge in [0.2, 0.25) is 0 Å². The van der Waals surface area contributed by atoms with Crippen LogP contribution in [0.5, 0.6) is 0 Å². The topological polar surface area (TPSA) is 52.6 Å². The van der Waals surface area contributed by atoms with Crippen LogP contribution in [0.1, 0.15) is 206 Å². The monoisotopic (exact) mass is 567 g/mol. The molecule has 0 bridgehead atoms. The smallest absolute Gasteiger partial charge is 0.305 e. The van der Waals surface area contributed by atoms with Crippen LogP contribution in [0.2, 0.25) is 0 Å². The van der Waals surface area contributed by atoms with Crippen LogP contribution in [0, 0.1) is 0 Å². The Morgan fingerprint density at radius 2 is 0.550 bits per heavy atom. The molecule has 40 heavy (non-hydrogen) atoms. The molecule has 0 fully saturated rings. The summed E-state index contributed by atoms with van der Waals surface area (Å²) in [5, 5.41) is 0. The molecule has 4 nitrogen and oxygen atoms in total. The number of carbonyl (C=O) groups excluding carboxylic acids is 2. The second-order valence-electron chi connectivity index (χ2n) is 12.1. The maximum Gasteiger partial charge on any atom is 0.305 e. The fourth-order valence-electron chi connectivity index (χ4n) is 5.29. The molecule has 0 aliphatic heterocycles. The van der Waals surface area contributed by atoms with Gasteiger partial charge in [-0.2, -0.15) is 0 Å². The Morgan fingerprint density at radius 1 is 0.325 bits per heavy atom. The molecule has 0 aromatic heterocycles. The maximum absolute atomic E-state index is 11.9. The van der Waals surface area contributed by atoms with E-state index in [0.29, 0.717) is 26.1 Å². The number of ether oxygens (including phenoxy) is 2. The third kappa shape index (κ3) is 33.1. The van der Waals surface area contributed by atoms with Gasteiger partial charge in [-0.15, -0.1) is 0 Å². The second kappa shape index (κ2) is 34.1. The van der Waals surface area contributed by atoms with Crippen molar-refractivity contribution in [3.05, 3.63) is 0 Å². The molecule has 0 radical (unpaired) electrons. The summed E-state index contributed by atoms with van der Waals surface area (Å²) in [5.41, 5.74) is 0. The normalized spacial score (nSPS) is 11.2. The van der Waals surface area contributed by atoms with Crippen LogP contribution < -0.4 is 0 Å². The minimum Gasteiger partial charge on any atom is -0.466 e. The van der Waals surface area contributed by atoms with Crippen LogP contribution >= 0.6 is 0 Å². The van der Waals surface area contributed by atoms with Gasteiger partial charge < -0.3 is 9.47 Å². The van der Waals surface area contributed by atoms with E-state index in [4.69, 9.17) is 9.47 Å². The molecule has 0 rings (SSSR count). The molecule has 0 aliphatic rings. The highest BCUT2D eigenvalue weighted by Crippen LogP contribution is 2.14. The molecule has 0 unspecified atom stereocenters. The zero-order chi connectivity index (χ0) is 29.2. The molecule has 0 aromatic rings. The van der Waals surface area contributed by atoms with Gasteiger partial charge in [0.1, 0.15) is 0 Å². The lowest BCUT2D eigenvalue weighted by Crippen LogP contribution is -2.05. The number of hydrogen-bond donors (Lipinski definition) is 0. The van der Waals surface area contributed by atoms with Gasteiger partial charge in [-0.25, -0.2) is 0 Å². The number of hydrogen-bond acceptors (Lipinski definition) is 4. The zero-order valence-electron chi connectivity index (χ0n) is 27.3. The predicted molar refractivity (Wildman–Crippen MR) is 172 cm³/mol. The van der Waals surface area contributed by atoms with Crippen molar-refractivity contribution in [3.8, 4) is 0 Å². The summed E-state index contributed by atoms with van der Waals surface area (Å²) in [6.07, 6.45) is 36.1. The first-order valence-corrected chi connectivity index (χ1v) is 18.0. The fraction of sp³-hybridized carbons (Fsp3) is 0.944. The van der Waals surface area contributed by atoms with Gasteiger partial charge in [-0.3, -0.25) is 9.59 Å². The number of unbranched alkanes of at least 4 members (excludes halogenated alkanes) is 25. The molecule has 0 spiro atoms. The summed E-state index contributed by atoms with van der Waals surface area (Å²) in [7, 11) is 0. The van der Waals surface area contributed by atoms with Crippen molar-refractivity contribution in [2.75, 3.05) is 13.2 Å². The largest absolute Gasteiger partial charge is 0.466 e. The second-order valence-corrected chi connectivity index (χ2v) is 12.1. The maximum atomic E-state index is 11.9. The van der Waals surface area contributed by atoms with Crippen LogP contribution in [-0.2, 0) is 19.1 Å². The minimum atomic E-state index is -0.0104. The highest BCUT2D eigenvalue weighted by atomic mass is 16.5. The Bertz CT molecular complexity index is 473. The zero-order valence-corrected chi connectivity index (χ0v) is 27.3. The number of esters is 2. The van der Waals surface area contributed by atoms with E-state index in [1.54, 1.807) is 0 Å². The first kappa shape index (κ1) is 38.9. The lowest BCUT2D eigenvalue weighted by molar-refractivity contribution is -0.144. The molecular weight excluding hydrogens is 496 g/mol. The molecule has 0 atom stereocenters. The molecule has 0 aromatic carbocycles. The Hall–Kier alpha value is -1.06. The van der Waals surface area contributed by atoms with E-state index in [1.807, 2.05) is 0 Å². The molecule has 4 heteroatoms. The van der Waals surface area contributed by atoms with Crippen molar-refractivity contribution >= 4 is 11.9 Å². The summed E-state index contributed by atoms with van der Waals surface area (Å²) >= 11 is 0. The van der Waals surface area contributed by atoms with Crippen LogP contribution in [0.3, 0.4) is 0 Å². The number of carbonyl (C=O) groups is 2. The molecule has 0 N–H and O–H groups in total. The van der Waals surface area contributed by atoms with E-state index < -0.39 is 0 Å². The van der Waals surface area contributed by atoms with E-state index in [9.17, 15) is 9.59 Å². The van der Waals surface area contributed by atoms with Crippen LogP contribution in [-0.4, -0.2) is 25.2 Å². The fourth-order valence-corrected chi connectivity index (χ4v) is 5.29. The standard InChI is InChI=1S/C36H70O4/c1-3-5-7-9-11-13-15-19-23-27-31-35(37)39-33-29-25-21-17-18-22-26-30-34-40-36(38)32-28-24-20-16-14-12-10-8-6-4-2/h3-34H2,1-2H3. The first-order valence-electron chi connectivity index (χ1n) is 18.0. The van der Waals surface area contributed by atoms with Crippen molar-refractivity contribution in [2.45, 2.75) is 206 Å².